The lowest BCUT2D eigenvalue weighted by Crippen LogP contribution is -2.45. The predicted molar refractivity (Wildman–Crippen MR) is 81.2 cm³/mol. The molecule has 0 spiro atoms. The minimum atomic E-state index is -4.41. The van der Waals surface area contributed by atoms with Crippen LogP contribution in [0.1, 0.15) is 44.0 Å². The van der Waals surface area contributed by atoms with Crippen LogP contribution in [0.25, 0.3) is 0 Å². The Balaban J connectivity index is 1.92. The molecule has 2 atom stereocenters. The summed E-state index contributed by atoms with van der Waals surface area (Å²) >= 11 is 0. The second kappa shape index (κ2) is 8.53. The van der Waals surface area contributed by atoms with Crippen LogP contribution >= 0.6 is 0 Å². The summed E-state index contributed by atoms with van der Waals surface area (Å²) < 4.78 is 41.8. The van der Waals surface area contributed by atoms with Crippen LogP contribution in [0.15, 0.2) is 22.8 Å². The molecule has 8 heteroatoms. The number of carbonyl (C=O) groups excluding carboxylic acids is 1. The predicted octanol–water partition coefficient (Wildman–Crippen LogP) is 2.63. The number of hydrogen-bond acceptors (Lipinski definition) is 4. The summed E-state index contributed by atoms with van der Waals surface area (Å²) in [5.41, 5.74) is 0. The van der Waals surface area contributed by atoms with E-state index in [-0.39, 0.29) is 12.6 Å². The Morgan fingerprint density at radius 2 is 2.21 bits per heavy atom. The van der Waals surface area contributed by atoms with Crippen molar-refractivity contribution in [3.8, 4) is 0 Å². The van der Waals surface area contributed by atoms with Gasteiger partial charge in [0.1, 0.15) is 18.4 Å². The normalized spacial score (nSPS) is 21.2. The number of aliphatic hydroxyl groups excluding tert-OH is 1. The summed E-state index contributed by atoms with van der Waals surface area (Å²) in [5.74, 6) is -0.188. The van der Waals surface area contributed by atoms with Crippen molar-refractivity contribution in [3.63, 3.8) is 0 Å². The number of alkyl halides is 3. The van der Waals surface area contributed by atoms with Gasteiger partial charge in [-0.05, 0) is 37.9 Å². The Kier molecular flexibility index (Phi) is 6.68. The van der Waals surface area contributed by atoms with Gasteiger partial charge in [0.05, 0.1) is 12.8 Å². The average Bonchev–Trinajstić information content (AvgIpc) is 2.96. The zero-order valence-corrected chi connectivity index (χ0v) is 13.4. The number of nitrogens with zero attached hydrogens (tertiary/aromatic N) is 1. The standard InChI is InChI=1S/C16H23F3N2O3/c17-16(18,19)11-20-15(23)10-21-7-3-1-2-5-12(21)9-13(22)14-6-4-8-24-14/h4,6,8,12-13,22H,1-3,5,7,9-11H2,(H,20,23)/t12-,13+/m0/s1. The molecule has 1 aliphatic rings. The van der Waals surface area contributed by atoms with Crippen molar-refractivity contribution in [2.75, 3.05) is 19.6 Å². The molecule has 0 aromatic carbocycles. The highest BCUT2D eigenvalue weighted by Gasteiger charge is 2.30. The minimum absolute atomic E-state index is 0.0655. The first-order valence-electron chi connectivity index (χ1n) is 8.14. The van der Waals surface area contributed by atoms with Crippen LogP contribution in [0.2, 0.25) is 0 Å². The molecule has 2 rings (SSSR count). The van der Waals surface area contributed by atoms with Crippen molar-refractivity contribution in [2.45, 2.75) is 50.4 Å². The van der Waals surface area contributed by atoms with E-state index in [4.69, 9.17) is 4.42 Å². The maximum atomic E-state index is 12.2. The van der Waals surface area contributed by atoms with Gasteiger partial charge in [-0.1, -0.05) is 12.8 Å². The maximum Gasteiger partial charge on any atom is 0.405 e. The molecule has 0 saturated carbocycles. The van der Waals surface area contributed by atoms with E-state index in [1.165, 1.54) is 6.26 Å². The smallest absolute Gasteiger partial charge is 0.405 e. The molecule has 5 nitrogen and oxygen atoms in total. The van der Waals surface area contributed by atoms with E-state index in [0.717, 1.165) is 25.7 Å². The van der Waals surface area contributed by atoms with Gasteiger partial charge in [0.25, 0.3) is 0 Å². The highest BCUT2D eigenvalue weighted by atomic mass is 19.4. The van der Waals surface area contributed by atoms with Crippen LogP contribution < -0.4 is 5.32 Å². The molecule has 0 unspecified atom stereocenters. The molecule has 1 amide bonds. The Morgan fingerprint density at radius 3 is 2.88 bits per heavy atom. The summed E-state index contributed by atoms with van der Waals surface area (Å²) in [7, 11) is 0. The molecular formula is C16H23F3N2O3. The summed E-state index contributed by atoms with van der Waals surface area (Å²) in [5, 5.41) is 12.2. The first kappa shape index (κ1) is 18.8. The molecule has 24 heavy (non-hydrogen) atoms. The fraction of sp³-hybridized carbons (Fsp3) is 0.688. The Morgan fingerprint density at radius 1 is 1.42 bits per heavy atom. The van der Waals surface area contributed by atoms with Crippen molar-refractivity contribution >= 4 is 5.91 Å². The Hall–Kier alpha value is -1.54. The second-order valence-corrected chi connectivity index (χ2v) is 6.13. The van der Waals surface area contributed by atoms with E-state index < -0.39 is 24.7 Å². The van der Waals surface area contributed by atoms with E-state index in [2.05, 4.69) is 0 Å². The number of aliphatic hydroxyl groups is 1. The fourth-order valence-corrected chi connectivity index (χ4v) is 3.01. The van der Waals surface area contributed by atoms with Crippen LogP contribution in [0.4, 0.5) is 13.2 Å². The highest BCUT2D eigenvalue weighted by Crippen LogP contribution is 2.26. The number of likely N-dealkylation sites (tertiary alicyclic amines) is 1. The van der Waals surface area contributed by atoms with Gasteiger partial charge < -0.3 is 14.8 Å². The van der Waals surface area contributed by atoms with E-state index in [1.54, 1.807) is 12.1 Å². The van der Waals surface area contributed by atoms with Gasteiger partial charge >= 0.3 is 6.18 Å². The van der Waals surface area contributed by atoms with E-state index in [9.17, 15) is 23.1 Å². The number of amides is 1. The molecule has 1 saturated heterocycles. The first-order chi connectivity index (χ1) is 11.3. The summed E-state index contributed by atoms with van der Waals surface area (Å²) in [6, 6.07) is 3.31. The van der Waals surface area contributed by atoms with Gasteiger partial charge in [0, 0.05) is 6.04 Å². The minimum Gasteiger partial charge on any atom is -0.467 e. The van der Waals surface area contributed by atoms with Gasteiger partial charge in [-0.2, -0.15) is 13.2 Å². The third-order valence-corrected chi connectivity index (χ3v) is 4.20. The summed E-state index contributed by atoms with van der Waals surface area (Å²) in [4.78, 5) is 13.7. The molecule has 1 aromatic heterocycles. The fourth-order valence-electron chi connectivity index (χ4n) is 3.01. The number of carbonyl (C=O) groups is 1. The number of hydrogen-bond donors (Lipinski definition) is 2. The van der Waals surface area contributed by atoms with Crippen molar-refractivity contribution in [1.82, 2.24) is 10.2 Å². The molecule has 1 aromatic rings. The Bertz CT molecular complexity index is 505. The van der Waals surface area contributed by atoms with E-state index in [0.29, 0.717) is 18.7 Å². The van der Waals surface area contributed by atoms with E-state index >= 15 is 0 Å². The van der Waals surface area contributed by atoms with Crippen molar-refractivity contribution < 1.29 is 27.5 Å². The topological polar surface area (TPSA) is 65.7 Å². The largest absolute Gasteiger partial charge is 0.467 e. The second-order valence-electron chi connectivity index (χ2n) is 6.13. The van der Waals surface area contributed by atoms with Crippen molar-refractivity contribution in [1.29, 1.82) is 0 Å². The lowest BCUT2D eigenvalue weighted by Gasteiger charge is -2.30. The summed E-state index contributed by atoms with van der Waals surface area (Å²) in [6.45, 7) is -0.778. The molecular weight excluding hydrogens is 325 g/mol. The zero-order chi connectivity index (χ0) is 17.6. The van der Waals surface area contributed by atoms with Gasteiger partial charge in [0.15, 0.2) is 0 Å². The maximum absolute atomic E-state index is 12.2. The number of rotatable bonds is 6. The van der Waals surface area contributed by atoms with Gasteiger partial charge in [-0.3, -0.25) is 9.69 Å². The molecule has 1 fully saturated rings. The number of halogens is 3. The number of furan rings is 1. The molecule has 0 aliphatic carbocycles. The number of nitrogens with one attached hydrogen (secondary N) is 1. The highest BCUT2D eigenvalue weighted by molar-refractivity contribution is 5.78. The Labute approximate surface area is 138 Å². The SMILES string of the molecule is O=C(CN1CCCCC[C@H]1C[C@@H](O)c1ccco1)NCC(F)(F)F. The van der Waals surface area contributed by atoms with Gasteiger partial charge in [-0.25, -0.2) is 0 Å². The molecule has 0 radical (unpaired) electrons. The van der Waals surface area contributed by atoms with Crippen molar-refractivity contribution in [2.24, 2.45) is 0 Å². The quantitative estimate of drug-likeness (QED) is 0.829. The summed E-state index contributed by atoms with van der Waals surface area (Å²) in [6.07, 6.45) is 0.329. The van der Waals surface area contributed by atoms with Gasteiger partial charge in [-0.15, -0.1) is 0 Å². The third-order valence-electron chi connectivity index (χ3n) is 4.20. The van der Waals surface area contributed by atoms with Crippen LogP contribution in [-0.2, 0) is 4.79 Å². The molecule has 1 aliphatic heterocycles. The molecule has 2 N–H and O–H groups in total. The van der Waals surface area contributed by atoms with Crippen LogP contribution in [0.3, 0.4) is 0 Å². The lowest BCUT2D eigenvalue weighted by atomic mass is 10.0. The van der Waals surface area contributed by atoms with Gasteiger partial charge in [0.2, 0.25) is 5.91 Å². The average molecular weight is 348 g/mol. The monoisotopic (exact) mass is 348 g/mol. The third kappa shape index (κ3) is 6.16. The molecule has 0 bridgehead atoms. The molecule has 2 heterocycles. The van der Waals surface area contributed by atoms with Crippen LogP contribution in [-0.4, -0.2) is 47.8 Å². The zero-order valence-electron chi connectivity index (χ0n) is 13.4. The van der Waals surface area contributed by atoms with Crippen molar-refractivity contribution in [3.05, 3.63) is 24.2 Å². The van der Waals surface area contributed by atoms with Crippen LogP contribution in [0.5, 0.6) is 0 Å². The van der Waals surface area contributed by atoms with E-state index in [1.807, 2.05) is 10.2 Å². The molecule has 136 valence electrons. The first-order valence-corrected chi connectivity index (χ1v) is 8.14. The van der Waals surface area contributed by atoms with Crippen LogP contribution in [0, 0.1) is 0 Å². The lowest BCUT2D eigenvalue weighted by molar-refractivity contribution is -0.139.